The Bertz CT molecular complexity index is 916. The predicted octanol–water partition coefficient (Wildman–Crippen LogP) is 3.72. The number of esters is 1. The van der Waals surface area contributed by atoms with E-state index in [1.165, 1.54) is 6.07 Å². The molecule has 0 amide bonds. The molecule has 0 bridgehead atoms. The second kappa shape index (κ2) is 9.03. The molecule has 6 nitrogen and oxygen atoms in total. The molecule has 7 heteroatoms. The van der Waals surface area contributed by atoms with E-state index in [2.05, 4.69) is 9.98 Å². The summed E-state index contributed by atoms with van der Waals surface area (Å²) in [4.78, 5) is 21.1. The van der Waals surface area contributed by atoms with Crippen molar-refractivity contribution in [2.24, 2.45) is 10.7 Å². The van der Waals surface area contributed by atoms with Gasteiger partial charge in [-0.3, -0.25) is 4.98 Å². The fourth-order valence-electron chi connectivity index (χ4n) is 3.32. The van der Waals surface area contributed by atoms with Crippen LogP contribution in [0.2, 0.25) is 0 Å². The van der Waals surface area contributed by atoms with Gasteiger partial charge < -0.3 is 15.2 Å². The molecule has 29 heavy (non-hydrogen) atoms. The lowest BCUT2D eigenvalue weighted by Crippen LogP contribution is -2.34. The van der Waals surface area contributed by atoms with E-state index < -0.39 is 11.5 Å². The number of rotatable bonds is 7. The first-order valence-corrected chi connectivity index (χ1v) is 9.81. The third kappa shape index (κ3) is 4.91. The molecule has 1 aromatic carbocycles. The highest BCUT2D eigenvalue weighted by atomic mass is 19.1. The van der Waals surface area contributed by atoms with Crippen molar-refractivity contribution in [3.63, 3.8) is 0 Å². The Labute approximate surface area is 170 Å². The van der Waals surface area contributed by atoms with E-state index in [1.54, 1.807) is 30.5 Å². The van der Waals surface area contributed by atoms with Crippen LogP contribution in [0.5, 0.6) is 0 Å². The molecular formula is C22H26FN3O3. The molecule has 2 N–H and O–H groups in total. The van der Waals surface area contributed by atoms with Gasteiger partial charge >= 0.3 is 5.97 Å². The second-order valence-electron chi connectivity index (χ2n) is 7.30. The monoisotopic (exact) mass is 399 g/mol. The molecule has 154 valence electrons. The van der Waals surface area contributed by atoms with Gasteiger partial charge in [0.15, 0.2) is 0 Å². The van der Waals surface area contributed by atoms with Crippen molar-refractivity contribution < 1.29 is 18.7 Å². The molecule has 1 aromatic heterocycles. The molecule has 2 heterocycles. The number of hydrogen-bond acceptors (Lipinski definition) is 6. The minimum Gasteiger partial charge on any atom is -0.465 e. The predicted molar refractivity (Wildman–Crippen MR) is 108 cm³/mol. The van der Waals surface area contributed by atoms with Gasteiger partial charge in [-0.15, -0.1) is 0 Å². The van der Waals surface area contributed by atoms with E-state index in [1.807, 2.05) is 13.8 Å². The first-order valence-electron chi connectivity index (χ1n) is 9.81. The zero-order valence-electron chi connectivity index (χ0n) is 16.8. The molecule has 2 aromatic rings. The first kappa shape index (κ1) is 20.8. The van der Waals surface area contributed by atoms with E-state index in [0.29, 0.717) is 42.9 Å². The summed E-state index contributed by atoms with van der Waals surface area (Å²) in [6.07, 6.45) is 4.29. The zero-order chi connectivity index (χ0) is 20.9. The number of nitrogens with two attached hydrogens (primary N) is 1. The normalized spacial score (nSPS) is 18.7. The van der Waals surface area contributed by atoms with Gasteiger partial charge in [0.05, 0.1) is 30.0 Å². The van der Waals surface area contributed by atoms with Crippen LogP contribution in [0.3, 0.4) is 0 Å². The van der Waals surface area contributed by atoms with Gasteiger partial charge in [0.2, 0.25) is 0 Å². The summed E-state index contributed by atoms with van der Waals surface area (Å²) in [6, 6.07) is 8.33. The lowest BCUT2D eigenvalue weighted by atomic mass is 9.87. The van der Waals surface area contributed by atoms with Crippen molar-refractivity contribution in [2.75, 3.05) is 13.2 Å². The van der Waals surface area contributed by atoms with Gasteiger partial charge in [-0.25, -0.2) is 14.2 Å². The van der Waals surface area contributed by atoms with Crippen molar-refractivity contribution in [1.82, 2.24) is 4.98 Å². The number of amidine groups is 1. The van der Waals surface area contributed by atoms with E-state index >= 15 is 0 Å². The number of unbranched alkanes of at least 4 members (excludes halogenated alkanes) is 1. The highest BCUT2D eigenvalue weighted by Gasteiger charge is 2.33. The van der Waals surface area contributed by atoms with Crippen molar-refractivity contribution in [3.05, 3.63) is 64.7 Å². The van der Waals surface area contributed by atoms with Gasteiger partial charge in [0, 0.05) is 24.6 Å². The molecule has 1 atom stereocenters. The molecule has 1 aliphatic rings. The van der Waals surface area contributed by atoms with E-state index in [9.17, 15) is 9.18 Å². The molecule has 1 aliphatic heterocycles. The maximum absolute atomic E-state index is 14.6. The number of nitrogens with zero attached hydrogens (tertiary/aromatic N) is 2. The Hall–Kier alpha value is -2.96. The van der Waals surface area contributed by atoms with Crippen LogP contribution in [0.15, 0.2) is 41.5 Å². The average Bonchev–Trinajstić information content (AvgIpc) is 2.69. The molecule has 0 unspecified atom stereocenters. The number of hydrogen-bond donors (Lipinski definition) is 1. The number of aliphatic imine (C=N–C) groups is 1. The van der Waals surface area contributed by atoms with Crippen LogP contribution in [0.4, 0.5) is 4.39 Å². The Morgan fingerprint density at radius 1 is 1.38 bits per heavy atom. The standard InChI is InChI=1S/C22H26FN3O3/c1-3-4-11-28-20(27)16-6-5-10-25-19(16)14-15-7-8-18(23)17(13-15)22(2)9-12-29-21(24)26-22/h5-8,10,13H,3-4,9,11-12,14H2,1-2H3,(H2,24,26)/t22-/m0/s1. The first-order chi connectivity index (χ1) is 13.9. The highest BCUT2D eigenvalue weighted by Crippen LogP contribution is 2.34. The molecule has 0 fully saturated rings. The summed E-state index contributed by atoms with van der Waals surface area (Å²) in [5, 5.41) is 0. The topological polar surface area (TPSA) is 86.8 Å². The van der Waals surface area contributed by atoms with Crippen LogP contribution >= 0.6 is 0 Å². The van der Waals surface area contributed by atoms with Crippen LogP contribution in [-0.4, -0.2) is 30.2 Å². The fourth-order valence-corrected chi connectivity index (χ4v) is 3.32. The molecule has 0 saturated carbocycles. The molecule has 0 saturated heterocycles. The smallest absolute Gasteiger partial charge is 0.340 e. The summed E-state index contributed by atoms with van der Waals surface area (Å²) in [5.74, 6) is -0.743. The quantitative estimate of drug-likeness (QED) is 0.566. The van der Waals surface area contributed by atoms with Crippen LogP contribution in [0.1, 0.15) is 60.3 Å². The van der Waals surface area contributed by atoms with Gasteiger partial charge in [-0.05, 0) is 37.1 Å². The Balaban J connectivity index is 1.87. The van der Waals surface area contributed by atoms with Gasteiger partial charge in [-0.2, -0.15) is 0 Å². The highest BCUT2D eigenvalue weighted by molar-refractivity contribution is 5.90. The van der Waals surface area contributed by atoms with Crippen LogP contribution in [0, 0.1) is 5.82 Å². The van der Waals surface area contributed by atoms with Crippen LogP contribution < -0.4 is 5.73 Å². The average molecular weight is 399 g/mol. The SMILES string of the molecule is CCCCOC(=O)c1cccnc1Cc1ccc(F)c([C@]2(C)CCOC(N)=N2)c1. The molecule has 0 aliphatic carbocycles. The summed E-state index contributed by atoms with van der Waals surface area (Å²) >= 11 is 0. The van der Waals surface area contributed by atoms with Crippen molar-refractivity contribution in [2.45, 2.75) is 45.1 Å². The Kier molecular flexibility index (Phi) is 6.46. The fraction of sp³-hybridized carbons (Fsp3) is 0.409. The summed E-state index contributed by atoms with van der Waals surface area (Å²) in [5.41, 5.74) is 7.20. The molecule has 0 spiro atoms. The number of pyridine rings is 1. The summed E-state index contributed by atoms with van der Waals surface area (Å²) in [6.45, 7) is 4.63. The lowest BCUT2D eigenvalue weighted by molar-refractivity contribution is 0.0498. The number of carbonyl (C=O) groups excluding carboxylic acids is 1. The van der Waals surface area contributed by atoms with E-state index in [-0.39, 0.29) is 11.8 Å². The van der Waals surface area contributed by atoms with Gasteiger partial charge in [0.25, 0.3) is 6.02 Å². The van der Waals surface area contributed by atoms with Crippen LogP contribution in [-0.2, 0) is 21.4 Å². The summed E-state index contributed by atoms with van der Waals surface area (Å²) in [7, 11) is 0. The number of ether oxygens (including phenoxy) is 2. The minimum absolute atomic E-state index is 0.0605. The number of aromatic nitrogens is 1. The number of carbonyl (C=O) groups is 1. The van der Waals surface area contributed by atoms with Gasteiger partial charge in [-0.1, -0.05) is 25.5 Å². The maximum atomic E-state index is 14.6. The number of halogens is 1. The Morgan fingerprint density at radius 3 is 2.97 bits per heavy atom. The minimum atomic E-state index is -0.797. The summed E-state index contributed by atoms with van der Waals surface area (Å²) < 4.78 is 25.1. The maximum Gasteiger partial charge on any atom is 0.340 e. The second-order valence-corrected chi connectivity index (χ2v) is 7.30. The van der Waals surface area contributed by atoms with Crippen molar-refractivity contribution >= 4 is 12.0 Å². The van der Waals surface area contributed by atoms with E-state index in [0.717, 1.165) is 18.4 Å². The third-order valence-electron chi connectivity index (χ3n) is 5.02. The molecule has 0 radical (unpaired) electrons. The molecular weight excluding hydrogens is 373 g/mol. The Morgan fingerprint density at radius 2 is 2.21 bits per heavy atom. The number of benzene rings is 1. The largest absolute Gasteiger partial charge is 0.465 e. The third-order valence-corrected chi connectivity index (χ3v) is 5.02. The van der Waals surface area contributed by atoms with E-state index in [4.69, 9.17) is 15.2 Å². The zero-order valence-corrected chi connectivity index (χ0v) is 16.8. The van der Waals surface area contributed by atoms with Gasteiger partial charge in [0.1, 0.15) is 5.82 Å². The van der Waals surface area contributed by atoms with Crippen molar-refractivity contribution in [1.29, 1.82) is 0 Å². The van der Waals surface area contributed by atoms with Crippen molar-refractivity contribution in [3.8, 4) is 0 Å². The molecule has 3 rings (SSSR count). The van der Waals surface area contributed by atoms with Crippen LogP contribution in [0.25, 0.3) is 0 Å². The lowest BCUT2D eigenvalue weighted by Gasteiger charge is -2.30.